The molecule has 2 bridgehead atoms. The first-order valence-electron chi connectivity index (χ1n) is 10.8. The van der Waals surface area contributed by atoms with Crippen molar-refractivity contribution in [3.8, 4) is 11.8 Å². The Morgan fingerprint density at radius 3 is 2.46 bits per heavy atom. The van der Waals surface area contributed by atoms with E-state index in [2.05, 4.69) is 95.3 Å². The van der Waals surface area contributed by atoms with Crippen LogP contribution in [0.4, 0.5) is 4.79 Å². The van der Waals surface area contributed by atoms with Crippen molar-refractivity contribution in [3.63, 3.8) is 0 Å². The summed E-state index contributed by atoms with van der Waals surface area (Å²) in [5, 5.41) is 24.9. The lowest BCUT2D eigenvalue weighted by atomic mass is 9.93. The number of aliphatic imine (C=N–C) groups is 1. The lowest BCUT2D eigenvalue weighted by Crippen LogP contribution is -2.25. The van der Waals surface area contributed by atoms with Gasteiger partial charge in [-0.25, -0.2) is 34.9 Å². The molecule has 1 heterocycles. The molecule has 11 heteroatoms. The van der Waals surface area contributed by atoms with Gasteiger partial charge in [0.1, 0.15) is 7.11 Å². The zero-order valence-corrected chi connectivity index (χ0v) is 21.6. The van der Waals surface area contributed by atoms with Gasteiger partial charge in [-0.05, 0) is 17.0 Å². The topological polar surface area (TPSA) is 173 Å². The number of hydrogen-bond acceptors (Lipinski definition) is 6. The highest BCUT2D eigenvalue weighted by molar-refractivity contribution is 6.31. The van der Waals surface area contributed by atoms with Gasteiger partial charge in [-0.3, -0.25) is 5.73 Å². The molecule has 2 rings (SSSR count). The molecule has 0 aromatic rings. The Kier molecular flexibility index (Phi) is 10.3. The van der Waals surface area contributed by atoms with Crippen LogP contribution in [0.15, 0.2) is 87.1 Å². The third kappa shape index (κ3) is 7.44. The molecule has 0 saturated carbocycles. The van der Waals surface area contributed by atoms with Crippen LogP contribution in [0.1, 0.15) is 6.42 Å². The van der Waals surface area contributed by atoms with Crippen molar-refractivity contribution in [2.45, 2.75) is 6.42 Å². The van der Waals surface area contributed by atoms with Crippen LogP contribution in [-0.4, -0.2) is 42.9 Å². The van der Waals surface area contributed by atoms with Crippen molar-refractivity contribution in [2.75, 3.05) is 0 Å². The number of amides is 1. The molecule has 0 aromatic heterocycles. The van der Waals surface area contributed by atoms with Crippen LogP contribution in [0.2, 0.25) is 0 Å². The van der Waals surface area contributed by atoms with Crippen LogP contribution in [0.5, 0.6) is 0 Å². The van der Waals surface area contributed by atoms with Crippen LogP contribution in [-0.2, 0) is 27.2 Å². The molecular weight excluding hydrogens is 532 g/mol. The zero-order valence-electron chi connectivity index (χ0n) is 21.6. The van der Waals surface area contributed by atoms with Crippen molar-refractivity contribution >= 4 is 42.9 Å². The third-order valence-electron chi connectivity index (χ3n) is 4.81. The fourth-order valence-electron chi connectivity index (χ4n) is 3.07. The van der Waals surface area contributed by atoms with Gasteiger partial charge in [-0.2, -0.15) is 7.11 Å². The monoisotopic (exact) mass is 552 g/mol. The number of nitrogens with two attached hydrogens (primary N) is 1. The average Bonchev–Trinajstić information content (AvgIpc) is 2.91. The highest BCUT2D eigenvalue weighted by Crippen LogP contribution is 2.25. The quantitative estimate of drug-likeness (QED) is 0.129. The fourth-order valence-corrected chi connectivity index (χ4v) is 3.07. The molecule has 1 amide bonds. The van der Waals surface area contributed by atoms with Crippen LogP contribution >= 0.6 is 0 Å². The third-order valence-corrected chi connectivity index (χ3v) is 4.81. The van der Waals surface area contributed by atoms with Gasteiger partial charge in [0.25, 0.3) is 13.6 Å². The first-order chi connectivity index (χ1) is 19.4. The smallest absolute Gasteiger partial charge is 0.689 e. The van der Waals surface area contributed by atoms with Gasteiger partial charge in [0, 0.05) is 29.5 Å². The number of hydrogen-bond donors (Lipinski definition) is 1. The summed E-state index contributed by atoms with van der Waals surface area (Å²) >= 11 is 0. The van der Waals surface area contributed by atoms with E-state index in [1.165, 1.54) is 0 Å². The number of ether oxygens (including phenoxy) is 1. The molecule has 0 saturated heterocycles. The number of Topliss-reactive ketones (excluding diaryl/α,β-unsaturated/α-hetero) is 1. The maximum atomic E-state index is 13.1. The highest BCUT2D eigenvalue weighted by Gasteiger charge is 2.35. The van der Waals surface area contributed by atoms with Gasteiger partial charge in [0.05, 0.1) is 22.5 Å². The minimum absolute atomic E-state index is 0.0128. The number of nitrogens with zero attached hydrogens (tertiary/aromatic N) is 1. The van der Waals surface area contributed by atoms with Crippen LogP contribution < -0.4 is 15.9 Å². The fraction of sp³-hybridized carbons (Fsp3) is 0.0333. The maximum absolute atomic E-state index is 13.1. The van der Waals surface area contributed by atoms with Crippen molar-refractivity contribution in [3.05, 3.63) is 121 Å². The van der Waals surface area contributed by atoms with E-state index in [1.54, 1.807) is 0 Å². The number of rotatable bonds is 3. The molecule has 0 fully saturated rings. The van der Waals surface area contributed by atoms with Gasteiger partial charge in [-0.15, -0.1) is 6.58 Å². The molecule has 2 N–H and O–H groups in total. The SMILES string of the molecule is C=[O+]C1=[C-]C#CC(=C)C([O-])=NC2=C=C([O-])[C+]=C(C2=O)C(=[O+][CH2-])C(=C)C/C([O+]=C)=C(/O[CH2-])C([CH2+])=[C-]C(=C)C1=[O+]C(N)=O. The molecule has 1 aliphatic carbocycles. The van der Waals surface area contributed by atoms with Gasteiger partial charge < -0.3 is 19.4 Å². The normalized spacial score (nSPS) is 20.8. The Bertz CT molecular complexity index is 1630. The van der Waals surface area contributed by atoms with Crippen LogP contribution in [0.3, 0.4) is 0 Å². The molecule has 41 heavy (non-hydrogen) atoms. The molecular formula is C30H20N2O9. The lowest BCUT2D eigenvalue weighted by Gasteiger charge is -2.13. The molecule has 2 aliphatic rings. The second kappa shape index (κ2) is 13.6. The van der Waals surface area contributed by atoms with E-state index in [-0.39, 0.29) is 40.4 Å². The molecule has 0 unspecified atom stereocenters. The predicted octanol–water partition coefficient (Wildman–Crippen LogP) is -0.0606. The van der Waals surface area contributed by atoms with E-state index >= 15 is 0 Å². The molecule has 0 radical (unpaired) electrons. The van der Waals surface area contributed by atoms with Crippen molar-refractivity contribution in [2.24, 2.45) is 10.7 Å². The lowest BCUT2D eigenvalue weighted by molar-refractivity contribution is -0.396. The van der Waals surface area contributed by atoms with Gasteiger partial charge in [0.2, 0.25) is 11.5 Å². The Morgan fingerprint density at radius 2 is 1.90 bits per heavy atom. The van der Waals surface area contributed by atoms with E-state index in [1.807, 2.05) is 0 Å². The van der Waals surface area contributed by atoms with E-state index in [0.29, 0.717) is 0 Å². The maximum Gasteiger partial charge on any atom is 0.689 e. The Hall–Kier alpha value is -6.20. The number of carbonyl (C=O) groups is 2. The molecule has 0 atom stereocenters. The van der Waals surface area contributed by atoms with Crippen LogP contribution in [0, 0.1) is 51.2 Å². The Balaban J connectivity index is 2.93. The molecule has 204 valence electrons. The molecule has 11 nitrogen and oxygen atoms in total. The summed E-state index contributed by atoms with van der Waals surface area (Å²) in [5.74, 6) is 0.271. The summed E-state index contributed by atoms with van der Waals surface area (Å²) < 4.78 is 25.3. The summed E-state index contributed by atoms with van der Waals surface area (Å²) in [4.78, 5) is 28.2. The first-order valence-corrected chi connectivity index (χ1v) is 10.8. The summed E-state index contributed by atoms with van der Waals surface area (Å²) in [7, 11) is 6.65. The summed E-state index contributed by atoms with van der Waals surface area (Å²) in [6.45, 7) is 21.5. The Labute approximate surface area is 235 Å². The molecule has 0 aromatic carbocycles. The summed E-state index contributed by atoms with van der Waals surface area (Å²) in [6.07, 6.45) is 5.78. The minimum Gasteiger partial charge on any atom is -0.858 e. The van der Waals surface area contributed by atoms with Gasteiger partial charge in [0.15, 0.2) is 11.3 Å². The van der Waals surface area contributed by atoms with Gasteiger partial charge in [-0.1, -0.05) is 20.1 Å². The van der Waals surface area contributed by atoms with Crippen molar-refractivity contribution in [1.29, 1.82) is 0 Å². The van der Waals surface area contributed by atoms with E-state index in [0.717, 1.165) is 0 Å². The average molecular weight is 552 g/mol. The minimum atomic E-state index is -1.27. The molecule has 1 aliphatic heterocycles. The second-order valence-electron chi connectivity index (χ2n) is 7.50. The zero-order chi connectivity index (χ0) is 30.9. The summed E-state index contributed by atoms with van der Waals surface area (Å²) in [6, 6.07) is 0. The van der Waals surface area contributed by atoms with E-state index in [4.69, 9.17) is 28.2 Å². The largest absolute Gasteiger partial charge is 0.858 e. The number of allylic oxidation sites excluding steroid dienone is 6. The number of ketones is 3. The van der Waals surface area contributed by atoms with E-state index < -0.39 is 51.9 Å². The number of primary amides is 1. The summed E-state index contributed by atoms with van der Waals surface area (Å²) in [5.41, 5.74) is 5.47. The Morgan fingerprint density at radius 1 is 1.22 bits per heavy atom. The molecule has 0 spiro atoms. The highest BCUT2D eigenvalue weighted by atomic mass is 16.5. The standard InChI is InChI=1S/C30H20N2O9/c1-16-10-9-11-23(37-5)28(41-30(31)36)18(3)12-17(2)27(40-8)24(38-6)13-19(4)26(39-7)21-14-20(33)15-22(25(21)34)32-29(16)35/h1-8,13H2,(H2-2,31,32,33,35,36)/b27-24-. The number of fused-ring (bicyclic) bond motifs is 2. The first kappa shape index (κ1) is 31.0. The van der Waals surface area contributed by atoms with E-state index in [9.17, 15) is 19.8 Å². The van der Waals surface area contributed by atoms with Crippen molar-refractivity contribution in [1.82, 2.24) is 0 Å². The second-order valence-corrected chi connectivity index (χ2v) is 7.50. The van der Waals surface area contributed by atoms with Crippen molar-refractivity contribution < 1.29 is 42.2 Å². The van der Waals surface area contributed by atoms with Crippen LogP contribution in [0.25, 0.3) is 0 Å². The number of carbonyl (C=O) groups excluding carboxylic acids is 6. The predicted molar refractivity (Wildman–Crippen MR) is 141 cm³/mol. The van der Waals surface area contributed by atoms with Gasteiger partial charge >= 0.3 is 29.2 Å².